The van der Waals surface area contributed by atoms with Gasteiger partial charge in [0.1, 0.15) is 23.6 Å². The van der Waals surface area contributed by atoms with Gasteiger partial charge in [0.15, 0.2) is 0 Å². The van der Waals surface area contributed by atoms with Crippen LogP contribution < -0.4 is 15.6 Å². The van der Waals surface area contributed by atoms with Crippen LogP contribution in [0.4, 0.5) is 0 Å². The summed E-state index contributed by atoms with van der Waals surface area (Å²) in [5, 5.41) is 8.05. The maximum atomic E-state index is 13.0. The van der Waals surface area contributed by atoms with Gasteiger partial charge in [0.25, 0.3) is 5.56 Å². The summed E-state index contributed by atoms with van der Waals surface area (Å²) < 4.78 is 8.41. The molecule has 1 N–H and O–H groups in total. The average molecular weight is 390 g/mol. The van der Waals surface area contributed by atoms with Crippen LogP contribution in [0.3, 0.4) is 0 Å². The van der Waals surface area contributed by atoms with E-state index in [1.807, 2.05) is 56.3 Å². The highest BCUT2D eigenvalue weighted by molar-refractivity contribution is 5.92. The molecule has 7 nitrogen and oxygen atoms in total. The van der Waals surface area contributed by atoms with Gasteiger partial charge in [-0.25, -0.2) is 4.68 Å². The van der Waals surface area contributed by atoms with Crippen LogP contribution >= 0.6 is 0 Å². The largest absolute Gasteiger partial charge is 0.496 e. The SMILES string of the molecule is COc1cccc2c1cc1c(=O)n(CC(=O)NCc3ccccc3C)nc(C)n12. The quantitative estimate of drug-likeness (QED) is 0.568. The van der Waals surface area contributed by atoms with Crippen molar-refractivity contribution in [2.75, 3.05) is 7.11 Å². The number of aromatic nitrogens is 3. The fraction of sp³-hybridized carbons (Fsp3) is 0.227. The number of carbonyl (C=O) groups excluding carboxylic acids is 1. The third-order valence-corrected chi connectivity index (χ3v) is 5.10. The van der Waals surface area contributed by atoms with E-state index in [2.05, 4.69) is 10.4 Å². The van der Waals surface area contributed by atoms with Crippen molar-refractivity contribution >= 4 is 22.3 Å². The van der Waals surface area contributed by atoms with E-state index < -0.39 is 0 Å². The summed E-state index contributed by atoms with van der Waals surface area (Å²) in [7, 11) is 1.60. The lowest BCUT2D eigenvalue weighted by atomic mass is 10.1. The second-order valence-electron chi connectivity index (χ2n) is 6.97. The van der Waals surface area contributed by atoms with Gasteiger partial charge in [0, 0.05) is 11.9 Å². The summed E-state index contributed by atoms with van der Waals surface area (Å²) in [6.07, 6.45) is 0. The number of methoxy groups -OCH3 is 1. The van der Waals surface area contributed by atoms with Crippen LogP contribution in [0, 0.1) is 13.8 Å². The Hall–Kier alpha value is -3.61. The number of fused-ring (bicyclic) bond motifs is 3. The zero-order valence-electron chi connectivity index (χ0n) is 16.6. The van der Waals surface area contributed by atoms with E-state index in [0.717, 1.165) is 22.0 Å². The van der Waals surface area contributed by atoms with Crippen LogP contribution in [0.5, 0.6) is 5.75 Å². The second kappa shape index (κ2) is 7.43. The molecular formula is C22H22N4O3. The molecule has 4 aromatic rings. The van der Waals surface area contributed by atoms with E-state index in [1.165, 1.54) is 4.68 Å². The maximum absolute atomic E-state index is 13.0. The Bertz CT molecular complexity index is 1290. The molecule has 0 aliphatic carbocycles. The fourth-order valence-electron chi connectivity index (χ4n) is 3.59. The van der Waals surface area contributed by atoms with Crippen molar-refractivity contribution in [3.63, 3.8) is 0 Å². The molecule has 0 atom stereocenters. The van der Waals surface area contributed by atoms with Crippen LogP contribution in [-0.2, 0) is 17.9 Å². The first-order chi connectivity index (χ1) is 14.0. The third-order valence-electron chi connectivity index (χ3n) is 5.10. The Balaban J connectivity index is 1.65. The molecule has 2 heterocycles. The lowest BCUT2D eigenvalue weighted by Gasteiger charge is -2.10. The molecular weight excluding hydrogens is 368 g/mol. The number of hydrogen-bond acceptors (Lipinski definition) is 4. The molecule has 2 aromatic carbocycles. The number of rotatable bonds is 5. The predicted molar refractivity (Wildman–Crippen MR) is 111 cm³/mol. The molecule has 0 saturated heterocycles. The molecule has 0 radical (unpaired) electrons. The first-order valence-electron chi connectivity index (χ1n) is 9.36. The van der Waals surface area contributed by atoms with Crippen LogP contribution in [-0.4, -0.2) is 27.2 Å². The number of amides is 1. The number of hydrogen-bond donors (Lipinski definition) is 1. The number of ether oxygens (including phenoxy) is 1. The molecule has 0 unspecified atom stereocenters. The van der Waals surface area contributed by atoms with E-state index in [-0.39, 0.29) is 18.0 Å². The topological polar surface area (TPSA) is 77.6 Å². The van der Waals surface area contributed by atoms with Gasteiger partial charge in [0.2, 0.25) is 5.91 Å². The van der Waals surface area contributed by atoms with Crippen molar-refractivity contribution in [3.05, 3.63) is 75.8 Å². The lowest BCUT2D eigenvalue weighted by Crippen LogP contribution is -2.34. The van der Waals surface area contributed by atoms with Crippen molar-refractivity contribution in [2.45, 2.75) is 26.9 Å². The monoisotopic (exact) mass is 390 g/mol. The van der Waals surface area contributed by atoms with E-state index in [0.29, 0.717) is 23.6 Å². The highest BCUT2D eigenvalue weighted by Gasteiger charge is 2.16. The van der Waals surface area contributed by atoms with Crippen molar-refractivity contribution in [3.8, 4) is 5.75 Å². The molecule has 0 aliphatic rings. The van der Waals surface area contributed by atoms with Crippen molar-refractivity contribution in [1.82, 2.24) is 19.5 Å². The minimum Gasteiger partial charge on any atom is -0.496 e. The first kappa shape index (κ1) is 18.7. The number of carbonyl (C=O) groups is 1. The lowest BCUT2D eigenvalue weighted by molar-refractivity contribution is -0.122. The van der Waals surface area contributed by atoms with Gasteiger partial charge >= 0.3 is 0 Å². The Morgan fingerprint density at radius 2 is 1.90 bits per heavy atom. The fourth-order valence-corrected chi connectivity index (χ4v) is 3.59. The summed E-state index contributed by atoms with van der Waals surface area (Å²) in [4.78, 5) is 25.4. The molecule has 0 bridgehead atoms. The molecule has 0 fully saturated rings. The first-order valence-corrected chi connectivity index (χ1v) is 9.36. The van der Waals surface area contributed by atoms with E-state index in [1.54, 1.807) is 17.6 Å². The Labute approximate surface area is 167 Å². The smallest absolute Gasteiger partial charge is 0.291 e. The molecule has 4 rings (SSSR count). The number of nitrogens with zero attached hydrogens (tertiary/aromatic N) is 3. The van der Waals surface area contributed by atoms with Gasteiger partial charge in [-0.15, -0.1) is 0 Å². The Kier molecular flexibility index (Phi) is 4.80. The number of nitrogens with one attached hydrogen (secondary N) is 1. The van der Waals surface area contributed by atoms with Crippen molar-refractivity contribution in [2.24, 2.45) is 0 Å². The van der Waals surface area contributed by atoms with E-state index in [4.69, 9.17) is 4.74 Å². The maximum Gasteiger partial charge on any atom is 0.291 e. The highest BCUT2D eigenvalue weighted by Crippen LogP contribution is 2.28. The summed E-state index contributed by atoms with van der Waals surface area (Å²) in [6.45, 7) is 4.08. The van der Waals surface area contributed by atoms with Gasteiger partial charge in [-0.1, -0.05) is 30.3 Å². The standard InChI is InChI=1S/C22H22N4O3/c1-14-7-4-5-8-16(14)12-23-21(27)13-25-22(28)19-11-17-18(26(19)15(2)24-25)9-6-10-20(17)29-3/h4-11H,12-13H2,1-3H3,(H,23,27). The second-order valence-corrected chi connectivity index (χ2v) is 6.97. The van der Waals surface area contributed by atoms with Crippen molar-refractivity contribution in [1.29, 1.82) is 0 Å². The van der Waals surface area contributed by atoms with Gasteiger partial charge in [-0.3, -0.25) is 14.0 Å². The van der Waals surface area contributed by atoms with Crippen LogP contribution in [0.25, 0.3) is 16.4 Å². The predicted octanol–water partition coefficient (Wildman–Crippen LogP) is 2.59. The third kappa shape index (κ3) is 3.35. The molecule has 1 amide bonds. The summed E-state index contributed by atoms with van der Waals surface area (Å²) in [5.41, 5.74) is 3.13. The number of benzene rings is 2. The Morgan fingerprint density at radius 3 is 2.66 bits per heavy atom. The van der Waals surface area contributed by atoms with Gasteiger partial charge in [-0.2, -0.15) is 5.10 Å². The molecule has 148 valence electrons. The number of aryl methyl sites for hydroxylation is 2. The molecule has 0 aliphatic heterocycles. The van der Waals surface area contributed by atoms with Crippen LogP contribution in [0.1, 0.15) is 17.0 Å². The highest BCUT2D eigenvalue weighted by atomic mass is 16.5. The van der Waals surface area contributed by atoms with E-state index in [9.17, 15) is 9.59 Å². The molecule has 2 aromatic heterocycles. The summed E-state index contributed by atoms with van der Waals surface area (Å²) in [5.74, 6) is 1.04. The van der Waals surface area contributed by atoms with Gasteiger partial charge in [-0.05, 0) is 43.2 Å². The minimum atomic E-state index is -0.320. The van der Waals surface area contributed by atoms with Gasteiger partial charge < -0.3 is 10.1 Å². The molecule has 7 heteroatoms. The Morgan fingerprint density at radius 1 is 1.10 bits per heavy atom. The van der Waals surface area contributed by atoms with Gasteiger partial charge in [0.05, 0.1) is 12.6 Å². The van der Waals surface area contributed by atoms with E-state index >= 15 is 0 Å². The summed E-state index contributed by atoms with van der Waals surface area (Å²) >= 11 is 0. The molecule has 0 spiro atoms. The van der Waals surface area contributed by atoms with Crippen LogP contribution in [0.15, 0.2) is 53.3 Å². The van der Waals surface area contributed by atoms with Crippen molar-refractivity contribution < 1.29 is 9.53 Å². The average Bonchev–Trinajstić information content (AvgIpc) is 3.11. The minimum absolute atomic E-state index is 0.138. The molecule has 0 saturated carbocycles. The summed E-state index contributed by atoms with van der Waals surface area (Å²) in [6, 6.07) is 15.3. The normalized spacial score (nSPS) is 11.1. The molecule has 29 heavy (non-hydrogen) atoms. The zero-order chi connectivity index (χ0) is 20.5. The van der Waals surface area contributed by atoms with Crippen LogP contribution in [0.2, 0.25) is 0 Å². The zero-order valence-corrected chi connectivity index (χ0v) is 16.6.